The van der Waals surface area contributed by atoms with Crippen LogP contribution in [0, 0.1) is 11.7 Å². The maximum atomic E-state index is 15.7. The minimum atomic E-state index is -0.650. The van der Waals surface area contributed by atoms with E-state index in [2.05, 4.69) is 25.9 Å². The van der Waals surface area contributed by atoms with Crippen molar-refractivity contribution in [3.05, 3.63) is 92.3 Å². The number of benzene rings is 2. The Hall–Kier alpha value is -3.52. The highest BCUT2D eigenvalue weighted by atomic mass is 19.1. The Morgan fingerprint density at radius 2 is 1.79 bits per heavy atom. The first-order chi connectivity index (χ1) is 18.8. The zero-order valence-corrected chi connectivity index (χ0v) is 23.2. The molecule has 8 heteroatoms. The molecule has 1 aliphatic rings. The van der Waals surface area contributed by atoms with E-state index in [-0.39, 0.29) is 29.8 Å². The fourth-order valence-corrected chi connectivity index (χ4v) is 5.83. The summed E-state index contributed by atoms with van der Waals surface area (Å²) in [5.74, 6) is 0.257. The van der Waals surface area contributed by atoms with Gasteiger partial charge in [-0.15, -0.1) is 5.10 Å². The average molecular weight is 533 g/mol. The maximum absolute atomic E-state index is 15.7. The Labute approximate surface area is 227 Å². The van der Waals surface area contributed by atoms with Crippen molar-refractivity contribution in [2.24, 2.45) is 5.92 Å². The van der Waals surface area contributed by atoms with Crippen molar-refractivity contribution in [1.82, 2.24) is 18.9 Å². The molecule has 1 fully saturated rings. The summed E-state index contributed by atoms with van der Waals surface area (Å²) in [5.41, 5.74) is 1.38. The Bertz CT molecular complexity index is 1590. The van der Waals surface area contributed by atoms with Gasteiger partial charge in [0.1, 0.15) is 18.1 Å². The van der Waals surface area contributed by atoms with Crippen molar-refractivity contribution >= 4 is 10.8 Å². The van der Waals surface area contributed by atoms with Gasteiger partial charge in [-0.2, -0.15) is 4.68 Å². The van der Waals surface area contributed by atoms with Gasteiger partial charge in [0.2, 0.25) is 0 Å². The molecule has 2 atom stereocenters. The summed E-state index contributed by atoms with van der Waals surface area (Å²) in [7, 11) is 0. The number of nitrogens with zero attached hydrogens (tertiary/aromatic N) is 4. The molecule has 1 saturated carbocycles. The lowest BCUT2D eigenvalue weighted by Crippen LogP contribution is -2.31. The molecule has 0 N–H and O–H groups in total. The molecule has 0 bridgehead atoms. The molecule has 5 rings (SSSR count). The first-order valence-electron chi connectivity index (χ1n) is 14.0. The number of hydrogen-bond donors (Lipinski definition) is 0. The first-order valence-corrected chi connectivity index (χ1v) is 14.0. The summed E-state index contributed by atoms with van der Waals surface area (Å²) in [4.78, 5) is 26.9. The van der Waals surface area contributed by atoms with Crippen LogP contribution in [-0.4, -0.2) is 18.9 Å². The van der Waals surface area contributed by atoms with Crippen molar-refractivity contribution < 1.29 is 9.13 Å². The summed E-state index contributed by atoms with van der Waals surface area (Å²) in [6.07, 6.45) is 6.25. The lowest BCUT2D eigenvalue weighted by molar-refractivity contribution is 0.0989. The van der Waals surface area contributed by atoms with Gasteiger partial charge >= 0.3 is 5.69 Å². The molecule has 39 heavy (non-hydrogen) atoms. The maximum Gasteiger partial charge on any atom is 0.350 e. The second kappa shape index (κ2) is 11.3. The van der Waals surface area contributed by atoms with Crippen molar-refractivity contribution in [1.29, 1.82) is 0 Å². The molecule has 2 aromatic carbocycles. The van der Waals surface area contributed by atoms with Crippen LogP contribution in [0.1, 0.15) is 82.3 Å². The van der Waals surface area contributed by atoms with Gasteiger partial charge in [0.05, 0.1) is 12.0 Å². The van der Waals surface area contributed by atoms with Crippen LogP contribution in [0.2, 0.25) is 0 Å². The smallest absolute Gasteiger partial charge is 0.350 e. The summed E-state index contributed by atoms with van der Waals surface area (Å²) in [5, 5.41) is 5.47. The van der Waals surface area contributed by atoms with Crippen LogP contribution < -0.4 is 11.2 Å². The van der Waals surface area contributed by atoms with E-state index >= 15 is 4.39 Å². The van der Waals surface area contributed by atoms with Crippen LogP contribution in [0.5, 0.6) is 0 Å². The molecule has 206 valence electrons. The molecule has 0 amide bonds. The largest absolute Gasteiger partial charge is 0.369 e. The van der Waals surface area contributed by atoms with E-state index < -0.39 is 11.5 Å². The lowest BCUT2D eigenvalue weighted by atomic mass is 9.85. The summed E-state index contributed by atoms with van der Waals surface area (Å²) >= 11 is 0. The molecular formula is C31H37FN4O3. The Kier molecular flexibility index (Phi) is 7.84. The molecular weight excluding hydrogens is 495 g/mol. The third kappa shape index (κ3) is 5.22. The van der Waals surface area contributed by atoms with E-state index in [1.165, 1.54) is 17.1 Å². The van der Waals surface area contributed by atoms with Gasteiger partial charge in [0.25, 0.3) is 5.56 Å². The molecule has 2 heterocycles. The highest BCUT2D eigenvalue weighted by molar-refractivity contribution is 5.87. The summed E-state index contributed by atoms with van der Waals surface area (Å²) < 4.78 is 25.9. The van der Waals surface area contributed by atoms with E-state index in [0.29, 0.717) is 35.7 Å². The molecule has 0 saturated heterocycles. The van der Waals surface area contributed by atoms with Gasteiger partial charge in [0, 0.05) is 18.8 Å². The third-order valence-corrected chi connectivity index (χ3v) is 8.01. The van der Waals surface area contributed by atoms with E-state index in [0.717, 1.165) is 35.1 Å². The van der Waals surface area contributed by atoms with Crippen LogP contribution in [0.3, 0.4) is 0 Å². The van der Waals surface area contributed by atoms with E-state index in [1.54, 1.807) is 6.07 Å². The molecule has 2 unspecified atom stereocenters. The number of aromatic nitrogens is 4. The molecule has 1 aliphatic carbocycles. The second-order valence-corrected chi connectivity index (χ2v) is 11.0. The summed E-state index contributed by atoms with van der Waals surface area (Å²) in [6, 6.07) is 12.7. The zero-order valence-electron chi connectivity index (χ0n) is 23.2. The van der Waals surface area contributed by atoms with Crippen LogP contribution in [0.4, 0.5) is 4.39 Å². The molecule has 4 aromatic rings. The Morgan fingerprint density at radius 3 is 2.49 bits per heavy atom. The van der Waals surface area contributed by atoms with Gasteiger partial charge in [-0.3, -0.25) is 9.36 Å². The molecule has 7 nitrogen and oxygen atoms in total. The van der Waals surface area contributed by atoms with Gasteiger partial charge in [-0.05, 0) is 60.2 Å². The zero-order chi connectivity index (χ0) is 27.7. The number of hydrogen-bond acceptors (Lipinski definition) is 4. The number of pyridine rings is 1. The second-order valence-electron chi connectivity index (χ2n) is 11.0. The minimum Gasteiger partial charge on any atom is -0.369 e. The van der Waals surface area contributed by atoms with Crippen molar-refractivity contribution in [3.8, 4) is 5.69 Å². The number of ether oxygens (including phenoxy) is 1. The SMILES string of the molecule is CCn1c(COCc2ccccc2)nn(-c2cc3c(C(C)C)cn(C4CCCCC4C)c(=O)c3cc2F)c1=O. The fraction of sp³-hybridized carbons (Fsp3) is 0.452. The van der Waals surface area contributed by atoms with E-state index in [1.807, 2.05) is 48.0 Å². The van der Waals surface area contributed by atoms with Crippen molar-refractivity contribution in [3.63, 3.8) is 0 Å². The Morgan fingerprint density at radius 1 is 1.05 bits per heavy atom. The topological polar surface area (TPSA) is 71.0 Å². The average Bonchev–Trinajstić information content (AvgIpc) is 3.24. The van der Waals surface area contributed by atoms with Gasteiger partial charge in [-0.1, -0.05) is 63.9 Å². The van der Waals surface area contributed by atoms with Crippen LogP contribution >= 0.6 is 0 Å². The van der Waals surface area contributed by atoms with E-state index in [4.69, 9.17) is 4.74 Å². The van der Waals surface area contributed by atoms with Crippen LogP contribution in [-0.2, 0) is 24.5 Å². The number of halogens is 1. The first kappa shape index (κ1) is 27.1. The van der Waals surface area contributed by atoms with Gasteiger partial charge in [0.15, 0.2) is 5.82 Å². The standard InChI is InChI=1S/C31H37FN4O3/c1-5-34-29(19-39-18-22-12-7-6-8-13-22)33-36(31(34)38)28-16-23-24(15-26(28)32)30(37)35(17-25(23)20(2)3)27-14-10-9-11-21(27)4/h6-8,12-13,15-17,20-21,27H,5,9-11,14,18-19H2,1-4H3. The molecule has 0 aliphatic heterocycles. The quantitative estimate of drug-likeness (QED) is 0.275. The van der Waals surface area contributed by atoms with Gasteiger partial charge < -0.3 is 9.30 Å². The normalized spacial score (nSPS) is 17.8. The van der Waals surface area contributed by atoms with Gasteiger partial charge in [-0.25, -0.2) is 9.18 Å². The molecule has 0 radical (unpaired) electrons. The number of fused-ring (bicyclic) bond motifs is 1. The highest BCUT2D eigenvalue weighted by Crippen LogP contribution is 2.35. The van der Waals surface area contributed by atoms with Crippen LogP contribution in [0.25, 0.3) is 16.5 Å². The molecule has 2 aromatic heterocycles. The van der Waals surface area contributed by atoms with Crippen molar-refractivity contribution in [2.75, 3.05) is 0 Å². The number of rotatable bonds is 8. The van der Waals surface area contributed by atoms with E-state index in [9.17, 15) is 9.59 Å². The van der Waals surface area contributed by atoms with Crippen molar-refractivity contribution in [2.45, 2.75) is 85.1 Å². The highest BCUT2D eigenvalue weighted by Gasteiger charge is 2.26. The predicted octanol–water partition coefficient (Wildman–Crippen LogP) is 6.10. The molecule has 0 spiro atoms. The minimum absolute atomic E-state index is 0.0362. The lowest BCUT2D eigenvalue weighted by Gasteiger charge is -2.31. The predicted molar refractivity (Wildman–Crippen MR) is 151 cm³/mol. The third-order valence-electron chi connectivity index (χ3n) is 8.01. The monoisotopic (exact) mass is 532 g/mol. The fourth-order valence-electron chi connectivity index (χ4n) is 5.83. The summed E-state index contributed by atoms with van der Waals surface area (Å²) in [6.45, 7) is 9.03. The Balaban J connectivity index is 1.56. The van der Waals surface area contributed by atoms with Crippen LogP contribution in [0.15, 0.2) is 58.3 Å².